The van der Waals surface area contributed by atoms with Gasteiger partial charge in [0.1, 0.15) is 0 Å². The van der Waals surface area contributed by atoms with Crippen molar-refractivity contribution in [3.05, 3.63) is 140 Å². The van der Waals surface area contributed by atoms with Gasteiger partial charge in [0, 0.05) is 32.4 Å². The van der Waals surface area contributed by atoms with E-state index >= 15 is 0 Å². The van der Waals surface area contributed by atoms with E-state index in [2.05, 4.69) is 42.5 Å². The highest BCUT2D eigenvalue weighted by atomic mass is 31.2. The highest BCUT2D eigenvalue weighted by Crippen LogP contribution is 2.48. The summed E-state index contributed by atoms with van der Waals surface area (Å²) in [5.74, 6) is 0. The van der Waals surface area contributed by atoms with Crippen LogP contribution < -0.4 is 15.9 Å². The van der Waals surface area contributed by atoms with Crippen molar-refractivity contribution in [3.8, 4) is 33.6 Å². The smallest absolute Gasteiger partial charge is 0.171 e. The van der Waals surface area contributed by atoms with Gasteiger partial charge in [-0.15, -0.1) is 0 Å². The van der Waals surface area contributed by atoms with Crippen LogP contribution in [0.1, 0.15) is 0 Å². The Morgan fingerprint density at radius 1 is 0.425 bits per heavy atom. The standard InChI is InChI=1S/C36H23N2OP/c39-40(25-10-3-1-4-11-25,26-12-5-2-6-13-26)27-20-18-24(19-21-27)28-22-23-31-34-29(28)14-9-15-30(34)35-36(31)38-33-17-8-7-16-32(33)37-35/h1-23H. The van der Waals surface area contributed by atoms with Crippen molar-refractivity contribution in [1.82, 2.24) is 9.97 Å². The summed E-state index contributed by atoms with van der Waals surface area (Å²) in [4.78, 5) is 10.0. The number of aromatic nitrogens is 2. The Balaban J connectivity index is 1.27. The van der Waals surface area contributed by atoms with Gasteiger partial charge in [-0.25, -0.2) is 9.97 Å². The molecule has 0 amide bonds. The van der Waals surface area contributed by atoms with E-state index in [-0.39, 0.29) is 0 Å². The van der Waals surface area contributed by atoms with Gasteiger partial charge in [0.15, 0.2) is 7.14 Å². The van der Waals surface area contributed by atoms with Crippen molar-refractivity contribution in [2.24, 2.45) is 0 Å². The molecule has 0 N–H and O–H groups in total. The number of benzene rings is 6. The number of nitrogens with zero attached hydrogens (tertiary/aromatic N) is 2. The van der Waals surface area contributed by atoms with Gasteiger partial charge in [-0.05, 0) is 28.6 Å². The summed E-state index contributed by atoms with van der Waals surface area (Å²) >= 11 is 0. The Kier molecular flexibility index (Phi) is 5.10. The van der Waals surface area contributed by atoms with Gasteiger partial charge in [0.2, 0.25) is 0 Å². The van der Waals surface area contributed by atoms with Crippen LogP contribution in [0.25, 0.3) is 55.4 Å². The third kappa shape index (κ3) is 3.35. The quantitative estimate of drug-likeness (QED) is 0.219. The molecule has 0 aliphatic heterocycles. The normalized spacial score (nSPS) is 12.1. The lowest BCUT2D eigenvalue weighted by atomic mass is 9.95. The summed E-state index contributed by atoms with van der Waals surface area (Å²) in [5, 5.41) is 4.86. The predicted octanol–water partition coefficient (Wildman–Crippen LogP) is 7.74. The van der Waals surface area contributed by atoms with Crippen molar-refractivity contribution >= 4 is 44.9 Å². The van der Waals surface area contributed by atoms with Crippen molar-refractivity contribution in [2.75, 3.05) is 0 Å². The molecule has 4 heteroatoms. The van der Waals surface area contributed by atoms with Crippen LogP contribution in [0, 0.1) is 0 Å². The minimum atomic E-state index is -3.02. The van der Waals surface area contributed by atoms with Gasteiger partial charge < -0.3 is 4.57 Å². The Morgan fingerprint density at radius 3 is 1.52 bits per heavy atom. The molecule has 0 saturated carbocycles. The van der Waals surface area contributed by atoms with E-state index in [1.165, 1.54) is 10.8 Å². The molecule has 1 aromatic heterocycles. The maximum Gasteiger partial charge on any atom is 0.171 e. The molecule has 0 atom stereocenters. The van der Waals surface area contributed by atoms with Crippen molar-refractivity contribution in [2.45, 2.75) is 0 Å². The molecular weight excluding hydrogens is 507 g/mol. The minimum Gasteiger partial charge on any atom is -0.309 e. The lowest BCUT2D eigenvalue weighted by Gasteiger charge is -2.20. The predicted molar refractivity (Wildman–Crippen MR) is 166 cm³/mol. The van der Waals surface area contributed by atoms with Gasteiger partial charge in [-0.2, -0.15) is 0 Å². The van der Waals surface area contributed by atoms with Gasteiger partial charge in [-0.3, -0.25) is 0 Å². The molecule has 0 fully saturated rings. The first-order valence-corrected chi connectivity index (χ1v) is 15.1. The fourth-order valence-corrected chi connectivity index (χ4v) is 8.65. The highest BCUT2D eigenvalue weighted by Gasteiger charge is 2.30. The summed E-state index contributed by atoms with van der Waals surface area (Å²) < 4.78 is 14.8. The van der Waals surface area contributed by atoms with Gasteiger partial charge in [-0.1, -0.05) is 127 Å². The van der Waals surface area contributed by atoms with Crippen LogP contribution in [0.3, 0.4) is 0 Å². The molecule has 40 heavy (non-hydrogen) atoms. The van der Waals surface area contributed by atoms with E-state index in [4.69, 9.17) is 9.97 Å². The maximum absolute atomic E-state index is 14.8. The SMILES string of the molecule is O=P(c1ccccc1)(c1ccccc1)c1ccc(-c2ccc3c4c(cccc24)-c2nc4ccccc4nc2-3)cc1. The Labute approximate surface area is 232 Å². The molecule has 0 unspecified atom stereocenters. The Hall–Kier alpha value is -4.85. The fourth-order valence-electron chi connectivity index (χ4n) is 6.00. The molecular formula is C36H23N2OP. The molecule has 3 nitrogen and oxygen atoms in total. The van der Waals surface area contributed by atoms with Gasteiger partial charge in [0.05, 0.1) is 22.4 Å². The second-order valence-electron chi connectivity index (χ2n) is 10.1. The molecule has 0 radical (unpaired) electrons. The zero-order valence-electron chi connectivity index (χ0n) is 21.5. The molecule has 0 spiro atoms. The zero-order chi connectivity index (χ0) is 26.7. The van der Waals surface area contributed by atoms with Crippen LogP contribution in [-0.2, 0) is 4.57 Å². The lowest BCUT2D eigenvalue weighted by Crippen LogP contribution is -2.24. The first-order chi connectivity index (χ1) is 19.7. The average Bonchev–Trinajstić information content (AvgIpc) is 3.34. The van der Waals surface area contributed by atoms with E-state index in [0.717, 1.165) is 60.6 Å². The number of rotatable bonds is 4. The first-order valence-electron chi connectivity index (χ1n) is 13.4. The third-order valence-electron chi connectivity index (χ3n) is 7.90. The maximum atomic E-state index is 14.8. The lowest BCUT2D eigenvalue weighted by molar-refractivity contribution is 0.592. The molecule has 0 bridgehead atoms. The molecule has 8 rings (SSSR count). The summed E-state index contributed by atoms with van der Waals surface area (Å²) in [6.07, 6.45) is 0. The summed E-state index contributed by atoms with van der Waals surface area (Å²) in [6.45, 7) is 0. The number of hydrogen-bond donors (Lipinski definition) is 0. The minimum absolute atomic E-state index is 0.826. The molecule has 188 valence electrons. The highest BCUT2D eigenvalue weighted by molar-refractivity contribution is 7.85. The van der Waals surface area contributed by atoms with Crippen molar-refractivity contribution < 1.29 is 4.57 Å². The van der Waals surface area contributed by atoms with E-state index < -0.39 is 7.14 Å². The van der Waals surface area contributed by atoms with Gasteiger partial charge in [0.25, 0.3) is 0 Å². The van der Waals surface area contributed by atoms with Crippen LogP contribution in [-0.4, -0.2) is 9.97 Å². The second kappa shape index (κ2) is 8.84. The number of para-hydroxylation sites is 2. The Bertz CT molecular complexity index is 2030. The summed E-state index contributed by atoms with van der Waals surface area (Å²) in [7, 11) is -3.02. The molecule has 6 aromatic carbocycles. The number of hydrogen-bond acceptors (Lipinski definition) is 3. The molecule has 0 saturated heterocycles. The fraction of sp³-hybridized carbons (Fsp3) is 0. The van der Waals surface area contributed by atoms with Crippen LogP contribution >= 0.6 is 7.14 Å². The summed E-state index contributed by atoms with van der Waals surface area (Å²) in [6, 6.07) is 46.7. The summed E-state index contributed by atoms with van der Waals surface area (Å²) in [5.41, 5.74) is 8.16. The first kappa shape index (κ1) is 23.1. The molecule has 7 aromatic rings. The molecule has 1 heterocycles. The van der Waals surface area contributed by atoms with E-state index in [1.54, 1.807) is 0 Å². The monoisotopic (exact) mass is 530 g/mol. The van der Waals surface area contributed by atoms with Crippen LogP contribution in [0.15, 0.2) is 140 Å². The largest absolute Gasteiger partial charge is 0.309 e. The zero-order valence-corrected chi connectivity index (χ0v) is 22.4. The van der Waals surface area contributed by atoms with E-state index in [1.807, 2.05) is 97.1 Å². The second-order valence-corrected chi connectivity index (χ2v) is 12.9. The van der Waals surface area contributed by atoms with Crippen LogP contribution in [0.5, 0.6) is 0 Å². The van der Waals surface area contributed by atoms with Gasteiger partial charge >= 0.3 is 0 Å². The Morgan fingerprint density at radius 2 is 0.925 bits per heavy atom. The van der Waals surface area contributed by atoms with Crippen LogP contribution in [0.4, 0.5) is 0 Å². The third-order valence-corrected chi connectivity index (χ3v) is 11.0. The molecule has 1 aliphatic carbocycles. The topological polar surface area (TPSA) is 42.9 Å². The van der Waals surface area contributed by atoms with E-state index in [0.29, 0.717) is 0 Å². The number of fused-ring (bicyclic) bond motifs is 4. The average molecular weight is 531 g/mol. The van der Waals surface area contributed by atoms with Crippen molar-refractivity contribution in [3.63, 3.8) is 0 Å². The molecule has 1 aliphatic rings. The van der Waals surface area contributed by atoms with Crippen molar-refractivity contribution in [1.29, 1.82) is 0 Å². The van der Waals surface area contributed by atoms with E-state index in [9.17, 15) is 4.57 Å². The van der Waals surface area contributed by atoms with Crippen LogP contribution in [0.2, 0.25) is 0 Å².